The summed E-state index contributed by atoms with van der Waals surface area (Å²) in [5.74, 6) is -15.5. The molecule has 1 spiro atoms. The second-order valence-corrected chi connectivity index (χ2v) is 33.5. The van der Waals surface area contributed by atoms with Crippen LogP contribution in [-0.2, 0) is 57.5 Å². The fourth-order valence-corrected chi connectivity index (χ4v) is 17.8. The Kier molecular flexibility index (Phi) is 30.4. The van der Waals surface area contributed by atoms with Crippen molar-refractivity contribution < 1.29 is 92.6 Å². The van der Waals surface area contributed by atoms with Crippen molar-refractivity contribution in [3.8, 4) is 0 Å². The van der Waals surface area contributed by atoms with Crippen LogP contribution in [0.15, 0.2) is 12.2 Å². The number of rotatable bonds is 15. The van der Waals surface area contributed by atoms with Gasteiger partial charge >= 0.3 is 12.4 Å². The van der Waals surface area contributed by atoms with Gasteiger partial charge in [-0.15, -0.1) is 0 Å². The van der Waals surface area contributed by atoms with Crippen molar-refractivity contribution in [3.05, 3.63) is 12.2 Å². The summed E-state index contributed by atoms with van der Waals surface area (Å²) in [5.41, 5.74) is -2.26. The van der Waals surface area contributed by atoms with Gasteiger partial charge in [0.2, 0.25) is 65.0 Å². The van der Waals surface area contributed by atoms with E-state index in [4.69, 9.17) is 4.74 Å². The van der Waals surface area contributed by atoms with E-state index in [1.165, 1.54) is 54.8 Å². The van der Waals surface area contributed by atoms with Gasteiger partial charge in [-0.2, -0.15) is 26.3 Å². The number of amides is 11. The highest BCUT2D eigenvalue weighted by Crippen LogP contribution is 2.50. The van der Waals surface area contributed by atoms with Crippen LogP contribution in [0.5, 0.6) is 0 Å². The number of fused-ring (bicyclic) bond motifs is 3. The van der Waals surface area contributed by atoms with E-state index in [1.807, 2.05) is 48.5 Å². The van der Waals surface area contributed by atoms with Crippen LogP contribution in [0.2, 0.25) is 0 Å². The van der Waals surface area contributed by atoms with E-state index in [2.05, 4.69) is 16.0 Å². The maximum absolute atomic E-state index is 15.7. The molecule has 2 bridgehead atoms. The topological polar surface area (TPSA) is 259 Å². The number of likely N-dealkylation sites (N-methyl/N-ethyl adjacent to an activating group) is 6. The molecule has 0 aromatic carbocycles. The number of hydrogen-bond acceptors (Lipinski definition) is 12. The third kappa shape index (κ3) is 21.5. The minimum atomic E-state index is -5.21. The number of ether oxygens (including phenoxy) is 1. The van der Waals surface area contributed by atoms with Crippen molar-refractivity contribution in [2.24, 2.45) is 52.8 Å². The summed E-state index contributed by atoms with van der Waals surface area (Å²) >= 11 is 0. The van der Waals surface area contributed by atoms with Gasteiger partial charge in [0.25, 0.3) is 0 Å². The van der Waals surface area contributed by atoms with Crippen LogP contribution >= 0.6 is 0 Å². The molecule has 0 aromatic heterocycles. The van der Waals surface area contributed by atoms with Crippen LogP contribution < -0.4 is 16.0 Å². The lowest BCUT2D eigenvalue weighted by Gasteiger charge is -2.54. The Morgan fingerprint density at radius 1 is 0.583 bits per heavy atom. The normalized spacial score (nSPS) is 32.4. The molecule has 0 radical (unpaired) electrons. The number of nitrogens with one attached hydrogen (secondary N) is 3. The minimum Gasteiger partial charge on any atom is -0.377 e. The first-order chi connectivity index (χ1) is 50.4. The van der Waals surface area contributed by atoms with Gasteiger partial charge < -0.3 is 59.9 Å². The summed E-state index contributed by atoms with van der Waals surface area (Å²) in [6.07, 6.45) is -12.6. The molecular weight excluding hydrogens is 1420 g/mol. The smallest absolute Gasteiger partial charge is 0.377 e. The Morgan fingerprint density at radius 2 is 1.17 bits per heavy atom. The lowest BCUT2D eigenvalue weighted by molar-refractivity contribution is -0.219. The van der Waals surface area contributed by atoms with E-state index in [-0.39, 0.29) is 115 Å². The van der Waals surface area contributed by atoms with Gasteiger partial charge in [-0.3, -0.25) is 52.7 Å². The average molecular weight is 1540 g/mol. The molecule has 31 heteroatoms. The molecule has 3 heterocycles. The fourth-order valence-electron chi connectivity index (χ4n) is 17.8. The monoisotopic (exact) mass is 1540 g/mol. The van der Waals surface area contributed by atoms with Crippen LogP contribution in [0.4, 0.5) is 35.1 Å². The number of carbonyl (C=O) groups excluding carboxylic acids is 11. The van der Waals surface area contributed by atoms with E-state index in [0.717, 1.165) is 32.4 Å². The molecule has 2 unspecified atom stereocenters. The van der Waals surface area contributed by atoms with Crippen molar-refractivity contribution in [1.82, 2.24) is 55.1 Å². The molecule has 6 fully saturated rings. The quantitative estimate of drug-likeness (QED) is 0.103. The maximum atomic E-state index is 15.7. The van der Waals surface area contributed by atoms with Gasteiger partial charge in [-0.05, 0) is 138 Å². The molecule has 612 valence electrons. The second kappa shape index (κ2) is 37.1. The molecule has 3 aliphatic heterocycles. The summed E-state index contributed by atoms with van der Waals surface area (Å²) in [6.45, 7) is 14.7. The molecular formula is C77H121F8N11O12. The first-order valence-corrected chi connectivity index (χ1v) is 39.2. The van der Waals surface area contributed by atoms with Gasteiger partial charge in [0.1, 0.15) is 66.1 Å². The molecule has 4 aliphatic carbocycles. The number of halogens is 8. The third-order valence-corrected chi connectivity index (χ3v) is 24.6. The van der Waals surface area contributed by atoms with Gasteiger partial charge in [0, 0.05) is 80.9 Å². The van der Waals surface area contributed by atoms with Crippen LogP contribution in [0.3, 0.4) is 0 Å². The highest BCUT2D eigenvalue weighted by Gasteiger charge is 2.60. The van der Waals surface area contributed by atoms with Crippen LogP contribution in [0.1, 0.15) is 197 Å². The zero-order valence-corrected chi connectivity index (χ0v) is 66.0. The highest BCUT2D eigenvalue weighted by atomic mass is 19.4. The predicted octanol–water partition coefficient (Wildman–Crippen LogP) is 8.55. The molecule has 108 heavy (non-hydrogen) atoms. The Balaban J connectivity index is 1.33. The summed E-state index contributed by atoms with van der Waals surface area (Å²) in [6, 6.07) is -10.2. The molecule has 11 amide bonds. The average Bonchev–Trinajstić information content (AvgIpc) is 0.965. The van der Waals surface area contributed by atoms with Crippen molar-refractivity contribution in [1.29, 1.82) is 0 Å². The summed E-state index contributed by atoms with van der Waals surface area (Å²) < 4.78 is 121. The zero-order chi connectivity index (χ0) is 80.6. The van der Waals surface area contributed by atoms with E-state index in [0.29, 0.717) is 19.3 Å². The summed E-state index contributed by atoms with van der Waals surface area (Å²) in [5, 5.41) is 8.60. The molecule has 7 aliphatic rings. The van der Waals surface area contributed by atoms with Crippen molar-refractivity contribution in [3.63, 3.8) is 0 Å². The number of nitrogens with zero attached hydrogens (tertiary/aromatic N) is 8. The van der Waals surface area contributed by atoms with E-state index >= 15 is 37.5 Å². The van der Waals surface area contributed by atoms with Crippen LogP contribution in [0, 0.1) is 52.8 Å². The van der Waals surface area contributed by atoms with E-state index in [9.17, 15) is 50.3 Å². The molecule has 4 saturated carbocycles. The predicted molar refractivity (Wildman–Crippen MR) is 386 cm³/mol. The molecule has 12 atom stereocenters. The van der Waals surface area contributed by atoms with Crippen molar-refractivity contribution >= 4 is 65.0 Å². The highest BCUT2D eigenvalue weighted by molar-refractivity contribution is 6.00. The molecule has 0 aromatic rings. The molecule has 3 N–H and O–H groups in total. The van der Waals surface area contributed by atoms with Crippen LogP contribution in [0.25, 0.3) is 0 Å². The first-order valence-electron chi connectivity index (χ1n) is 39.2. The number of hydrogen-bond donors (Lipinski definition) is 3. The van der Waals surface area contributed by atoms with Crippen molar-refractivity contribution in [2.45, 2.75) is 282 Å². The Morgan fingerprint density at radius 3 is 1.70 bits per heavy atom. The zero-order valence-electron chi connectivity index (χ0n) is 66.0. The Hall–Kier alpha value is -6.69. The first kappa shape index (κ1) is 88.5. The Labute approximate surface area is 632 Å². The van der Waals surface area contributed by atoms with Gasteiger partial charge in [0.05, 0.1) is 25.1 Å². The molecule has 23 nitrogen and oxygen atoms in total. The number of alkyl halides is 8. The maximum Gasteiger partial charge on any atom is 0.397 e. The molecule has 2 saturated heterocycles. The van der Waals surface area contributed by atoms with Crippen LogP contribution in [-0.4, -0.2) is 264 Å². The lowest BCUT2D eigenvalue weighted by Crippen LogP contribution is -2.71. The van der Waals surface area contributed by atoms with Gasteiger partial charge in [-0.1, -0.05) is 99.6 Å². The van der Waals surface area contributed by atoms with Gasteiger partial charge in [-0.25, -0.2) is 8.78 Å². The van der Waals surface area contributed by atoms with Gasteiger partial charge in [0.15, 0.2) is 0 Å². The van der Waals surface area contributed by atoms with E-state index in [1.54, 1.807) is 33.0 Å². The minimum absolute atomic E-state index is 0.00661. The number of carbonyl (C=O) groups is 11. The third-order valence-electron chi connectivity index (χ3n) is 24.6. The molecule has 7 rings (SSSR count). The standard InChI is InChI=1S/C77H121F8N11O12/c1-16-45(7)64-71(105)90(11)41-62(99)91(12)55-23-21-20-22-32-95(70(55)104)59(36-47-26-29-50(30-27-47)76(80,81)82)69(103)89(10)40-60(97)86-54(31-28-48-33-52(78)63(53(79)34-48)77(83,84)85)68(102)96-39-51(108-19-4)37-58(96)67(101)88-75(42-74(8,9)43-75)73(107)94(15)65(49(17-2)18-3)72(106)93(14)56(44(5)6)38-61(98)92(13)57(66(100)87-64)35-46-24-25-46/h20-21,44-59,63-65H,16-19,22-43H2,1-15H3,(H,86,97)(H,87,100)(H,88,101)/b21-20-/t45-,47?,48?,50?,51+,52?,53?,54-,55-,56+,57-,58-,59-,63?,64-,65-/m0/s1. The SMILES string of the molecule is CCO[C@@H]1C[C@H]2C(=O)NC3(CC(C)(C)C3)C(=O)N(C)[C@@H](C(CC)CC)C(=O)N(C)[C@@H](C(C)C)CC(=O)N(C)[C@@H](CC3CC3)C(=O)N[C@@H]([C@@H](C)CC)C(=O)N(C)CC(=O)N(C)[C@H]3C/C=C\CCN(C3=O)[C@@H](CC3CCC(C(F)(F)F)CC3)C(=O)N(C)CC(=O)N[C@@H](CCC3CC(F)C(C(F)(F)F)C(F)C3)C(=O)N2C1. The Bertz CT molecular complexity index is 3200. The van der Waals surface area contributed by atoms with Crippen molar-refractivity contribution in [2.75, 3.05) is 75.1 Å². The fraction of sp³-hybridized carbons (Fsp3) is 0.831. The summed E-state index contributed by atoms with van der Waals surface area (Å²) in [7, 11) is 8.48. The second-order valence-electron chi connectivity index (χ2n) is 33.5. The lowest BCUT2D eigenvalue weighted by atomic mass is 9.58. The van der Waals surface area contributed by atoms with E-state index < -0.39 is 223 Å². The summed E-state index contributed by atoms with van der Waals surface area (Å²) in [4.78, 5) is 177. The largest absolute Gasteiger partial charge is 0.397 e.